The summed E-state index contributed by atoms with van der Waals surface area (Å²) in [5.41, 5.74) is 1.20. The normalized spacial score (nSPS) is 32.3. The van der Waals surface area contributed by atoms with Crippen LogP contribution in [0.3, 0.4) is 0 Å². The number of nitrogens with zero attached hydrogens (tertiary/aromatic N) is 1. The minimum Gasteiger partial charge on any atom is -0.395 e. The largest absolute Gasteiger partial charge is 0.586 e. The molecule has 5 rings (SSSR count). The Balaban J connectivity index is 1.11. The third kappa shape index (κ3) is 3.97. The van der Waals surface area contributed by atoms with Gasteiger partial charge in [-0.3, -0.25) is 0 Å². The predicted molar refractivity (Wildman–Crippen MR) is 104 cm³/mol. The number of benzene rings is 1. The van der Waals surface area contributed by atoms with E-state index in [0.29, 0.717) is 11.8 Å². The highest BCUT2D eigenvalue weighted by Gasteiger charge is 2.66. The molecular formula is C22H30F2N2O3. The summed E-state index contributed by atoms with van der Waals surface area (Å²) < 4.78 is 41.7. The molecule has 0 radical (unpaired) electrons. The topological polar surface area (TPSA) is 43.0 Å². The fraction of sp³-hybridized carbons (Fsp3) is 0.727. The molecule has 7 heteroatoms. The monoisotopic (exact) mass is 408 g/mol. The van der Waals surface area contributed by atoms with Crippen molar-refractivity contribution in [3.63, 3.8) is 0 Å². The maximum absolute atomic E-state index is 13.3. The van der Waals surface area contributed by atoms with Gasteiger partial charge in [-0.1, -0.05) is 12.5 Å². The lowest BCUT2D eigenvalue weighted by atomic mass is 9.93. The highest BCUT2D eigenvalue weighted by Crippen LogP contribution is 2.62. The lowest BCUT2D eigenvalue weighted by molar-refractivity contribution is -0.286. The van der Waals surface area contributed by atoms with Crippen LogP contribution in [-0.4, -0.2) is 57.1 Å². The molecule has 1 aromatic carbocycles. The standard InChI is InChI=1S/C22H30F2N2O3/c23-22(24)28-19-6-5-16(11-20(19)29-22)12-21-15-25-13-17(21)18(21)14-27-10-4-9-26-7-2-1-3-8-26/h5-6,11,17-18,25H,1-4,7-10,12-15H2/t17-,18+,21+/m0/s1. The molecule has 1 aromatic rings. The van der Waals surface area contributed by atoms with Crippen molar-refractivity contribution in [2.45, 2.75) is 38.4 Å². The molecule has 5 nitrogen and oxygen atoms in total. The molecule has 1 saturated carbocycles. The number of piperidine rings is 2. The Kier molecular flexibility index (Phi) is 5.16. The maximum Gasteiger partial charge on any atom is 0.586 e. The summed E-state index contributed by atoms with van der Waals surface area (Å²) in [4.78, 5) is 2.55. The zero-order valence-corrected chi connectivity index (χ0v) is 16.8. The minimum atomic E-state index is -3.55. The smallest absolute Gasteiger partial charge is 0.395 e. The summed E-state index contributed by atoms with van der Waals surface area (Å²) >= 11 is 0. The fourth-order valence-electron chi connectivity index (χ4n) is 5.61. The molecule has 3 heterocycles. The molecule has 0 unspecified atom stereocenters. The molecule has 2 saturated heterocycles. The summed E-state index contributed by atoms with van der Waals surface area (Å²) in [6, 6.07) is 5.17. The van der Waals surface area contributed by atoms with Crippen LogP contribution in [0.15, 0.2) is 18.2 Å². The van der Waals surface area contributed by atoms with Crippen LogP contribution in [0, 0.1) is 17.3 Å². The van der Waals surface area contributed by atoms with Gasteiger partial charge >= 0.3 is 6.29 Å². The first kappa shape index (κ1) is 19.5. The Labute approximate surface area is 170 Å². The minimum absolute atomic E-state index is 0.113. The summed E-state index contributed by atoms with van der Waals surface area (Å²) in [7, 11) is 0. The van der Waals surface area contributed by atoms with Crippen molar-refractivity contribution in [2.24, 2.45) is 17.3 Å². The van der Waals surface area contributed by atoms with Crippen molar-refractivity contribution >= 4 is 0 Å². The fourth-order valence-corrected chi connectivity index (χ4v) is 5.61. The third-order valence-corrected chi connectivity index (χ3v) is 7.18. The molecule has 0 bridgehead atoms. The van der Waals surface area contributed by atoms with Crippen molar-refractivity contribution in [1.29, 1.82) is 0 Å². The second kappa shape index (κ2) is 7.67. The van der Waals surface area contributed by atoms with Crippen LogP contribution in [0.4, 0.5) is 8.78 Å². The number of rotatable bonds is 8. The maximum atomic E-state index is 13.3. The zero-order chi connectivity index (χ0) is 19.9. The third-order valence-electron chi connectivity index (χ3n) is 7.18. The van der Waals surface area contributed by atoms with E-state index in [1.807, 2.05) is 6.07 Å². The van der Waals surface area contributed by atoms with Crippen molar-refractivity contribution in [3.8, 4) is 11.5 Å². The van der Waals surface area contributed by atoms with Crippen LogP contribution in [0.1, 0.15) is 31.2 Å². The van der Waals surface area contributed by atoms with E-state index in [-0.39, 0.29) is 16.9 Å². The van der Waals surface area contributed by atoms with Crippen LogP contribution >= 0.6 is 0 Å². The van der Waals surface area contributed by atoms with E-state index in [4.69, 9.17) is 4.74 Å². The van der Waals surface area contributed by atoms with Crippen molar-refractivity contribution in [1.82, 2.24) is 10.2 Å². The first-order valence-corrected chi connectivity index (χ1v) is 11.0. The Morgan fingerprint density at radius 3 is 2.83 bits per heavy atom. The zero-order valence-electron chi connectivity index (χ0n) is 16.8. The van der Waals surface area contributed by atoms with Crippen LogP contribution in [0.2, 0.25) is 0 Å². The molecule has 0 aromatic heterocycles. The molecule has 160 valence electrons. The van der Waals surface area contributed by atoms with Gasteiger partial charge in [0.2, 0.25) is 0 Å². The average molecular weight is 408 g/mol. The van der Waals surface area contributed by atoms with E-state index in [2.05, 4.69) is 19.7 Å². The Bertz CT molecular complexity index is 741. The van der Waals surface area contributed by atoms with Gasteiger partial charge in [0.15, 0.2) is 11.5 Å². The quantitative estimate of drug-likeness (QED) is 0.669. The summed E-state index contributed by atoms with van der Waals surface area (Å²) in [5.74, 6) is 1.40. The molecule has 29 heavy (non-hydrogen) atoms. The number of ether oxygens (including phenoxy) is 3. The lowest BCUT2D eigenvalue weighted by Gasteiger charge is -2.26. The molecule has 1 aliphatic carbocycles. The van der Waals surface area contributed by atoms with Gasteiger partial charge in [0.05, 0.1) is 6.61 Å². The van der Waals surface area contributed by atoms with E-state index < -0.39 is 6.29 Å². The summed E-state index contributed by atoms with van der Waals surface area (Å²) in [6.07, 6.45) is 2.43. The van der Waals surface area contributed by atoms with E-state index in [1.54, 1.807) is 12.1 Å². The van der Waals surface area contributed by atoms with E-state index in [1.165, 1.54) is 32.4 Å². The van der Waals surface area contributed by atoms with Crippen molar-refractivity contribution in [3.05, 3.63) is 23.8 Å². The molecule has 1 N–H and O–H groups in total. The molecule has 3 atom stereocenters. The molecular weight excluding hydrogens is 378 g/mol. The van der Waals surface area contributed by atoms with Gasteiger partial charge < -0.3 is 24.4 Å². The lowest BCUT2D eigenvalue weighted by Crippen LogP contribution is -2.31. The highest BCUT2D eigenvalue weighted by molar-refractivity contribution is 5.46. The average Bonchev–Trinajstić information content (AvgIpc) is 2.98. The second-order valence-corrected chi connectivity index (χ2v) is 9.03. The number of nitrogens with one attached hydrogen (secondary N) is 1. The molecule has 0 amide bonds. The second-order valence-electron chi connectivity index (χ2n) is 9.03. The SMILES string of the molecule is FC1(F)Oc2ccc(C[C@@]34CNC[C@H]3[C@H]4COCCCN3CCCCC3)cc2O1. The van der Waals surface area contributed by atoms with E-state index in [9.17, 15) is 8.78 Å². The predicted octanol–water partition coefficient (Wildman–Crippen LogP) is 3.28. The highest BCUT2D eigenvalue weighted by atomic mass is 19.3. The van der Waals surface area contributed by atoms with Crippen LogP contribution in [-0.2, 0) is 11.2 Å². The number of fused-ring (bicyclic) bond motifs is 2. The van der Waals surface area contributed by atoms with Crippen molar-refractivity contribution < 1.29 is 23.0 Å². The molecule has 0 spiro atoms. The Morgan fingerprint density at radius 1 is 1.14 bits per heavy atom. The first-order chi connectivity index (χ1) is 14.1. The van der Waals surface area contributed by atoms with E-state index >= 15 is 0 Å². The summed E-state index contributed by atoms with van der Waals surface area (Å²) in [5, 5.41) is 3.48. The van der Waals surface area contributed by atoms with E-state index in [0.717, 1.165) is 51.3 Å². The number of hydrogen-bond acceptors (Lipinski definition) is 5. The number of halogens is 2. The number of likely N-dealkylation sites (tertiary alicyclic amines) is 1. The molecule has 3 fully saturated rings. The molecule has 4 aliphatic rings. The van der Waals surface area contributed by atoms with Crippen molar-refractivity contribution in [2.75, 3.05) is 45.9 Å². The van der Waals surface area contributed by atoms with Crippen LogP contribution < -0.4 is 14.8 Å². The molecule has 3 aliphatic heterocycles. The van der Waals surface area contributed by atoms with Gasteiger partial charge in [-0.05, 0) is 80.3 Å². The Hall–Kier alpha value is -1.44. The van der Waals surface area contributed by atoms with Gasteiger partial charge in [0.1, 0.15) is 0 Å². The van der Waals surface area contributed by atoms with Gasteiger partial charge in [-0.2, -0.15) is 0 Å². The van der Waals surface area contributed by atoms with Gasteiger partial charge in [-0.25, -0.2) is 0 Å². The van der Waals surface area contributed by atoms with Gasteiger partial charge in [0, 0.05) is 19.7 Å². The van der Waals surface area contributed by atoms with Crippen LogP contribution in [0.5, 0.6) is 11.5 Å². The number of alkyl halides is 2. The van der Waals surface area contributed by atoms with Crippen LogP contribution in [0.25, 0.3) is 0 Å². The summed E-state index contributed by atoms with van der Waals surface area (Å²) in [6.45, 7) is 7.22. The number of hydrogen-bond donors (Lipinski definition) is 1. The first-order valence-electron chi connectivity index (χ1n) is 11.0. The van der Waals surface area contributed by atoms with Gasteiger partial charge in [0.25, 0.3) is 0 Å². The van der Waals surface area contributed by atoms with Gasteiger partial charge in [-0.15, -0.1) is 8.78 Å². The Morgan fingerprint density at radius 2 is 1.97 bits per heavy atom.